The molecule has 2 unspecified atom stereocenters. The minimum Gasteiger partial charge on any atom is -0.351 e. The van der Waals surface area contributed by atoms with Crippen LogP contribution in [0.25, 0.3) is 0 Å². The fourth-order valence-corrected chi connectivity index (χ4v) is 2.87. The number of carbonyl (C=O) groups is 1. The molecule has 3 N–H and O–H groups in total. The third-order valence-electron chi connectivity index (χ3n) is 3.93. The SMILES string of the molecule is CCN1CCN(C(CN)CC(=O)NC(C)(C)C)CC1C. The molecule has 0 aromatic heterocycles. The van der Waals surface area contributed by atoms with Crippen LogP contribution in [0, 0.1) is 0 Å². The van der Waals surface area contributed by atoms with Crippen molar-refractivity contribution in [1.29, 1.82) is 0 Å². The molecule has 0 aromatic carbocycles. The van der Waals surface area contributed by atoms with Gasteiger partial charge in [0.15, 0.2) is 0 Å². The van der Waals surface area contributed by atoms with Crippen molar-refractivity contribution in [3.63, 3.8) is 0 Å². The van der Waals surface area contributed by atoms with Crippen LogP contribution in [0.2, 0.25) is 0 Å². The van der Waals surface area contributed by atoms with Gasteiger partial charge in [-0.15, -0.1) is 0 Å². The Morgan fingerprint density at radius 3 is 2.50 bits per heavy atom. The number of nitrogens with two attached hydrogens (primary N) is 1. The van der Waals surface area contributed by atoms with Crippen LogP contribution in [-0.4, -0.2) is 66.1 Å². The molecule has 5 heteroatoms. The van der Waals surface area contributed by atoms with Crippen molar-refractivity contribution in [2.24, 2.45) is 5.73 Å². The summed E-state index contributed by atoms with van der Waals surface area (Å²) in [7, 11) is 0. The lowest BCUT2D eigenvalue weighted by molar-refractivity contribution is -0.124. The van der Waals surface area contributed by atoms with Crippen LogP contribution in [0.4, 0.5) is 0 Å². The number of hydrogen-bond donors (Lipinski definition) is 2. The minimum absolute atomic E-state index is 0.0959. The molecule has 0 saturated carbocycles. The number of hydrogen-bond acceptors (Lipinski definition) is 4. The smallest absolute Gasteiger partial charge is 0.222 e. The van der Waals surface area contributed by atoms with Crippen molar-refractivity contribution in [2.75, 3.05) is 32.7 Å². The van der Waals surface area contributed by atoms with E-state index in [1.165, 1.54) is 0 Å². The van der Waals surface area contributed by atoms with E-state index in [0.29, 0.717) is 19.0 Å². The molecule has 0 aliphatic carbocycles. The molecule has 0 aromatic rings. The van der Waals surface area contributed by atoms with E-state index in [9.17, 15) is 4.79 Å². The average Bonchev–Trinajstić information content (AvgIpc) is 2.33. The highest BCUT2D eigenvalue weighted by atomic mass is 16.1. The zero-order chi connectivity index (χ0) is 15.3. The maximum absolute atomic E-state index is 12.1. The van der Waals surface area contributed by atoms with Crippen LogP contribution in [0.15, 0.2) is 0 Å². The molecule has 1 heterocycles. The van der Waals surface area contributed by atoms with Crippen molar-refractivity contribution in [3.05, 3.63) is 0 Å². The number of nitrogens with one attached hydrogen (secondary N) is 1. The summed E-state index contributed by atoms with van der Waals surface area (Å²) >= 11 is 0. The first-order chi connectivity index (χ1) is 9.26. The number of nitrogens with zero attached hydrogens (tertiary/aromatic N) is 2. The monoisotopic (exact) mass is 284 g/mol. The minimum atomic E-state index is -0.176. The molecule has 0 bridgehead atoms. The van der Waals surface area contributed by atoms with E-state index in [0.717, 1.165) is 26.2 Å². The zero-order valence-corrected chi connectivity index (χ0v) is 13.8. The van der Waals surface area contributed by atoms with Gasteiger partial charge in [-0.25, -0.2) is 0 Å². The van der Waals surface area contributed by atoms with Crippen LogP contribution in [0.3, 0.4) is 0 Å². The summed E-state index contributed by atoms with van der Waals surface area (Å²) < 4.78 is 0. The van der Waals surface area contributed by atoms with Gasteiger partial charge in [0, 0.05) is 50.2 Å². The van der Waals surface area contributed by atoms with E-state index in [2.05, 4.69) is 29.0 Å². The molecule has 1 rings (SSSR count). The summed E-state index contributed by atoms with van der Waals surface area (Å²) in [6, 6.07) is 0.687. The van der Waals surface area contributed by atoms with E-state index in [-0.39, 0.29) is 17.5 Å². The fraction of sp³-hybridized carbons (Fsp3) is 0.933. The zero-order valence-electron chi connectivity index (χ0n) is 13.8. The molecule has 1 fully saturated rings. The standard InChI is InChI=1S/C15H32N4O/c1-6-18-7-8-19(11-12(18)2)13(10-16)9-14(20)17-15(3,4)5/h12-13H,6-11,16H2,1-5H3,(H,17,20). The van der Waals surface area contributed by atoms with Crippen molar-refractivity contribution < 1.29 is 4.79 Å². The molecule has 0 spiro atoms. The summed E-state index contributed by atoms with van der Waals surface area (Å²) in [5.74, 6) is 0.0959. The Morgan fingerprint density at radius 1 is 1.40 bits per heavy atom. The lowest BCUT2D eigenvalue weighted by Crippen LogP contribution is -2.57. The highest BCUT2D eigenvalue weighted by Crippen LogP contribution is 2.14. The molecule has 5 nitrogen and oxygen atoms in total. The Kier molecular flexibility index (Phi) is 6.43. The van der Waals surface area contributed by atoms with Crippen molar-refractivity contribution in [1.82, 2.24) is 15.1 Å². The number of carbonyl (C=O) groups excluding carboxylic acids is 1. The second-order valence-corrected chi connectivity index (χ2v) is 6.86. The van der Waals surface area contributed by atoms with Gasteiger partial charge in [-0.05, 0) is 34.2 Å². The maximum Gasteiger partial charge on any atom is 0.222 e. The first-order valence-electron chi connectivity index (χ1n) is 7.76. The van der Waals surface area contributed by atoms with Crippen LogP contribution >= 0.6 is 0 Å². The second-order valence-electron chi connectivity index (χ2n) is 6.86. The number of likely N-dealkylation sites (N-methyl/N-ethyl adjacent to an activating group) is 1. The highest BCUT2D eigenvalue weighted by Gasteiger charge is 2.28. The summed E-state index contributed by atoms with van der Waals surface area (Å²) in [5, 5.41) is 3.02. The Hall–Kier alpha value is -0.650. The second kappa shape index (κ2) is 7.38. The molecule has 2 atom stereocenters. The van der Waals surface area contributed by atoms with Gasteiger partial charge in [0.2, 0.25) is 5.91 Å². The molecule has 118 valence electrons. The summed E-state index contributed by atoms with van der Waals surface area (Å²) in [5.41, 5.74) is 5.72. The quantitative estimate of drug-likeness (QED) is 0.778. The lowest BCUT2D eigenvalue weighted by Gasteiger charge is -2.42. The predicted molar refractivity (Wildman–Crippen MR) is 83.6 cm³/mol. The largest absolute Gasteiger partial charge is 0.351 e. The van der Waals surface area contributed by atoms with Crippen molar-refractivity contribution in [3.8, 4) is 0 Å². The maximum atomic E-state index is 12.1. The Labute approximate surface area is 123 Å². The van der Waals surface area contributed by atoms with E-state index in [1.807, 2.05) is 20.8 Å². The van der Waals surface area contributed by atoms with Gasteiger partial charge in [0.25, 0.3) is 0 Å². The highest BCUT2D eigenvalue weighted by molar-refractivity contribution is 5.77. The van der Waals surface area contributed by atoms with Gasteiger partial charge >= 0.3 is 0 Å². The van der Waals surface area contributed by atoms with Crippen LogP contribution in [0.5, 0.6) is 0 Å². The van der Waals surface area contributed by atoms with Crippen LogP contribution < -0.4 is 11.1 Å². The molecule has 20 heavy (non-hydrogen) atoms. The van der Waals surface area contributed by atoms with Gasteiger partial charge < -0.3 is 11.1 Å². The van der Waals surface area contributed by atoms with Gasteiger partial charge in [-0.2, -0.15) is 0 Å². The molecule has 1 amide bonds. The van der Waals surface area contributed by atoms with Crippen LogP contribution in [-0.2, 0) is 4.79 Å². The normalized spacial score (nSPS) is 23.6. The third-order valence-corrected chi connectivity index (χ3v) is 3.93. The number of amides is 1. The summed E-state index contributed by atoms with van der Waals surface area (Å²) in [6.07, 6.45) is 0.493. The van der Waals surface area contributed by atoms with Gasteiger partial charge in [0.1, 0.15) is 0 Å². The topological polar surface area (TPSA) is 61.6 Å². The van der Waals surface area contributed by atoms with Gasteiger partial charge in [0.05, 0.1) is 0 Å². The number of rotatable bonds is 5. The van der Waals surface area contributed by atoms with E-state index < -0.39 is 0 Å². The Balaban J connectivity index is 2.52. The molecular weight excluding hydrogens is 252 g/mol. The van der Waals surface area contributed by atoms with Gasteiger partial charge in [-0.3, -0.25) is 14.6 Å². The molecule has 1 aliphatic rings. The van der Waals surface area contributed by atoms with Gasteiger partial charge in [-0.1, -0.05) is 6.92 Å². The Bertz CT molecular complexity index is 313. The predicted octanol–water partition coefficient (Wildman–Crippen LogP) is 0.645. The first-order valence-corrected chi connectivity index (χ1v) is 7.76. The summed E-state index contributed by atoms with van der Waals surface area (Å²) in [6.45, 7) is 15.2. The fourth-order valence-electron chi connectivity index (χ4n) is 2.87. The Morgan fingerprint density at radius 2 is 2.05 bits per heavy atom. The van der Waals surface area contributed by atoms with E-state index in [4.69, 9.17) is 5.73 Å². The molecular formula is C15H32N4O. The van der Waals surface area contributed by atoms with E-state index >= 15 is 0 Å². The molecule has 1 saturated heterocycles. The molecule has 0 radical (unpaired) electrons. The van der Waals surface area contributed by atoms with Crippen LogP contribution in [0.1, 0.15) is 41.0 Å². The first kappa shape index (κ1) is 17.4. The number of piperazine rings is 1. The van der Waals surface area contributed by atoms with E-state index in [1.54, 1.807) is 0 Å². The van der Waals surface area contributed by atoms with Crippen molar-refractivity contribution >= 4 is 5.91 Å². The average molecular weight is 284 g/mol. The molecule has 1 aliphatic heterocycles. The third kappa shape index (κ3) is 5.38. The van der Waals surface area contributed by atoms with Crippen molar-refractivity contribution in [2.45, 2.75) is 58.7 Å². The summed E-state index contributed by atoms with van der Waals surface area (Å²) in [4.78, 5) is 16.9. The lowest BCUT2D eigenvalue weighted by atomic mass is 10.1.